The van der Waals surface area contributed by atoms with E-state index in [9.17, 15) is 0 Å². The van der Waals surface area contributed by atoms with Gasteiger partial charge in [0.1, 0.15) is 11.2 Å². The Kier molecular flexibility index (Phi) is 0.713. The molecule has 2 atom stereocenters. The number of epoxide rings is 1. The van der Waals surface area contributed by atoms with Gasteiger partial charge in [-0.15, -0.1) is 0 Å². The van der Waals surface area contributed by atoms with Gasteiger partial charge in [-0.1, -0.05) is 12.2 Å². The molecule has 0 aromatic heterocycles. The van der Waals surface area contributed by atoms with Crippen molar-refractivity contribution in [1.82, 2.24) is 0 Å². The van der Waals surface area contributed by atoms with E-state index in [2.05, 4.69) is 12.2 Å². The highest BCUT2D eigenvalue weighted by Crippen LogP contribution is 2.65. The van der Waals surface area contributed by atoms with Crippen LogP contribution in [0.15, 0.2) is 12.2 Å². The zero-order chi connectivity index (χ0) is 6.66. The van der Waals surface area contributed by atoms with Gasteiger partial charge in [-0.3, -0.25) is 0 Å². The van der Waals surface area contributed by atoms with E-state index >= 15 is 0 Å². The molecule has 1 nitrogen and oxygen atoms in total. The third kappa shape index (κ3) is 0.392. The molecule has 3 rings (SSSR count). The lowest BCUT2D eigenvalue weighted by atomic mass is 9.86. The molecule has 1 aliphatic heterocycles. The van der Waals surface area contributed by atoms with Crippen molar-refractivity contribution in [1.29, 1.82) is 0 Å². The summed E-state index contributed by atoms with van der Waals surface area (Å²) in [5.41, 5.74) is 0.698. The molecule has 3 aliphatic rings. The largest absolute Gasteiger partial charge is 0.362 e. The van der Waals surface area contributed by atoms with Gasteiger partial charge in [0.25, 0.3) is 0 Å². The minimum Gasteiger partial charge on any atom is -0.362 e. The topological polar surface area (TPSA) is 12.5 Å². The van der Waals surface area contributed by atoms with Gasteiger partial charge in [-0.2, -0.15) is 0 Å². The van der Waals surface area contributed by atoms with Gasteiger partial charge in [0.05, 0.1) is 0 Å². The van der Waals surface area contributed by atoms with Gasteiger partial charge in [0, 0.05) is 0 Å². The first-order chi connectivity index (χ1) is 4.87. The maximum Gasteiger partial charge on any atom is 0.102 e. The maximum atomic E-state index is 5.83. The third-order valence-corrected chi connectivity index (χ3v) is 3.40. The van der Waals surface area contributed by atoms with Gasteiger partial charge in [0.15, 0.2) is 0 Å². The van der Waals surface area contributed by atoms with Gasteiger partial charge >= 0.3 is 0 Å². The van der Waals surface area contributed by atoms with Crippen molar-refractivity contribution in [2.24, 2.45) is 0 Å². The predicted molar refractivity (Wildman–Crippen MR) is 38.8 cm³/mol. The molecular weight excluding hydrogens is 124 g/mol. The van der Waals surface area contributed by atoms with Crippen molar-refractivity contribution >= 4 is 0 Å². The highest BCUT2D eigenvalue weighted by atomic mass is 16.6. The number of ether oxygens (including phenoxy) is 1. The second-order valence-electron chi connectivity index (χ2n) is 3.82. The molecule has 0 aromatic rings. The van der Waals surface area contributed by atoms with Crippen molar-refractivity contribution in [3.63, 3.8) is 0 Å². The first kappa shape index (κ1) is 5.36. The maximum absolute atomic E-state index is 5.83. The Morgan fingerprint density at radius 1 is 1.00 bits per heavy atom. The summed E-state index contributed by atoms with van der Waals surface area (Å²) in [4.78, 5) is 0. The fourth-order valence-corrected chi connectivity index (χ4v) is 2.77. The van der Waals surface area contributed by atoms with E-state index < -0.39 is 0 Å². The first-order valence-corrected chi connectivity index (χ1v) is 4.22. The van der Waals surface area contributed by atoms with E-state index in [0.717, 1.165) is 0 Å². The monoisotopic (exact) mass is 136 g/mol. The van der Waals surface area contributed by atoms with Gasteiger partial charge < -0.3 is 4.74 Å². The molecule has 0 amide bonds. The Bertz CT molecular complexity index is 189. The van der Waals surface area contributed by atoms with Gasteiger partial charge in [0.2, 0.25) is 0 Å². The second kappa shape index (κ2) is 1.33. The van der Waals surface area contributed by atoms with Crippen LogP contribution in [-0.4, -0.2) is 11.2 Å². The van der Waals surface area contributed by atoms with E-state index in [1.807, 2.05) is 0 Å². The highest BCUT2D eigenvalue weighted by molar-refractivity contribution is 5.26. The van der Waals surface area contributed by atoms with Crippen LogP contribution in [0.2, 0.25) is 0 Å². The molecule has 0 N–H and O–H groups in total. The molecule has 0 spiro atoms. The molecule has 1 saturated carbocycles. The first-order valence-electron chi connectivity index (χ1n) is 4.22. The van der Waals surface area contributed by atoms with E-state index in [4.69, 9.17) is 4.74 Å². The van der Waals surface area contributed by atoms with Crippen molar-refractivity contribution in [2.45, 2.75) is 43.3 Å². The van der Waals surface area contributed by atoms with Crippen LogP contribution in [0.1, 0.15) is 32.1 Å². The average Bonchev–Trinajstić information content (AvgIpc) is 2.47. The van der Waals surface area contributed by atoms with Gasteiger partial charge in [-0.25, -0.2) is 0 Å². The third-order valence-electron chi connectivity index (χ3n) is 3.40. The summed E-state index contributed by atoms with van der Waals surface area (Å²) in [5, 5.41) is 0. The minimum absolute atomic E-state index is 0.349. The molecule has 0 aromatic carbocycles. The summed E-state index contributed by atoms with van der Waals surface area (Å²) in [6, 6.07) is 0. The normalized spacial score (nSPS) is 56.0. The van der Waals surface area contributed by atoms with Crippen LogP contribution in [-0.2, 0) is 4.74 Å². The molecular formula is C9H12O. The SMILES string of the molecule is C1=CC[C@]23CCC[C@@]2(C1)O3. The fourth-order valence-electron chi connectivity index (χ4n) is 2.77. The number of rotatable bonds is 0. The van der Waals surface area contributed by atoms with E-state index in [1.54, 1.807) is 0 Å². The molecule has 1 saturated heterocycles. The Morgan fingerprint density at radius 2 is 1.60 bits per heavy atom. The number of hydrogen-bond acceptors (Lipinski definition) is 1. The lowest BCUT2D eigenvalue weighted by molar-refractivity contribution is 0.220. The van der Waals surface area contributed by atoms with E-state index in [-0.39, 0.29) is 0 Å². The predicted octanol–water partition coefficient (Wildman–Crippen LogP) is 2.03. The van der Waals surface area contributed by atoms with Crippen molar-refractivity contribution < 1.29 is 4.74 Å². The zero-order valence-electron chi connectivity index (χ0n) is 6.10. The lowest BCUT2D eigenvalue weighted by Crippen LogP contribution is -2.20. The smallest absolute Gasteiger partial charge is 0.102 e. The van der Waals surface area contributed by atoms with E-state index in [1.165, 1.54) is 32.1 Å². The molecule has 0 radical (unpaired) electrons. The summed E-state index contributed by atoms with van der Waals surface area (Å²) in [7, 11) is 0. The van der Waals surface area contributed by atoms with Crippen LogP contribution in [0, 0.1) is 0 Å². The quantitative estimate of drug-likeness (QED) is 0.366. The van der Waals surface area contributed by atoms with Crippen molar-refractivity contribution in [2.75, 3.05) is 0 Å². The zero-order valence-corrected chi connectivity index (χ0v) is 6.10. The standard InChI is InChI=1S/C9H12O/c1-2-5-9-7-3-6-8(9,4-1)10-9/h1-2H,3-7H2/t8-,9+. The molecule has 0 unspecified atom stereocenters. The van der Waals surface area contributed by atoms with Crippen LogP contribution in [0.5, 0.6) is 0 Å². The van der Waals surface area contributed by atoms with Crippen LogP contribution in [0.4, 0.5) is 0 Å². The van der Waals surface area contributed by atoms with Crippen molar-refractivity contribution in [3.05, 3.63) is 12.2 Å². The molecule has 1 heterocycles. The van der Waals surface area contributed by atoms with Crippen LogP contribution < -0.4 is 0 Å². The lowest BCUT2D eigenvalue weighted by Gasteiger charge is -2.11. The fraction of sp³-hybridized carbons (Fsp3) is 0.778. The van der Waals surface area contributed by atoms with Gasteiger partial charge in [-0.05, 0) is 32.1 Å². The molecule has 0 bridgehead atoms. The van der Waals surface area contributed by atoms with E-state index in [0.29, 0.717) is 11.2 Å². The second-order valence-corrected chi connectivity index (χ2v) is 3.82. The highest BCUT2D eigenvalue weighted by Gasteiger charge is 2.71. The Hall–Kier alpha value is -0.300. The van der Waals surface area contributed by atoms with Crippen LogP contribution in [0.3, 0.4) is 0 Å². The Labute approximate surface area is 61.1 Å². The number of hydrogen-bond donors (Lipinski definition) is 0. The van der Waals surface area contributed by atoms with Crippen LogP contribution >= 0.6 is 0 Å². The summed E-state index contributed by atoms with van der Waals surface area (Å²) in [5.74, 6) is 0. The Morgan fingerprint density at radius 3 is 2.20 bits per heavy atom. The summed E-state index contributed by atoms with van der Waals surface area (Å²) < 4.78 is 5.83. The van der Waals surface area contributed by atoms with Crippen LogP contribution in [0.25, 0.3) is 0 Å². The van der Waals surface area contributed by atoms with Crippen molar-refractivity contribution in [3.8, 4) is 0 Å². The minimum atomic E-state index is 0.349. The molecule has 54 valence electrons. The summed E-state index contributed by atoms with van der Waals surface area (Å²) >= 11 is 0. The molecule has 2 aliphatic carbocycles. The summed E-state index contributed by atoms with van der Waals surface area (Å²) in [6.45, 7) is 0. The molecule has 2 fully saturated rings. The Balaban J connectivity index is 2.03. The molecule has 1 heteroatoms. The average molecular weight is 136 g/mol. The summed E-state index contributed by atoms with van der Waals surface area (Å²) in [6.07, 6.45) is 11.0. The molecule has 10 heavy (non-hydrogen) atoms.